The lowest BCUT2D eigenvalue weighted by atomic mass is 9.98. The molecule has 0 saturated heterocycles. The first kappa shape index (κ1) is 15.7. The average Bonchev–Trinajstić information content (AvgIpc) is 2.53. The van der Waals surface area contributed by atoms with Crippen LogP contribution in [0.15, 0.2) is 48.8 Å². The summed E-state index contributed by atoms with van der Waals surface area (Å²) in [6.07, 6.45) is 8.31. The van der Waals surface area contributed by atoms with Crippen LogP contribution < -0.4 is 5.32 Å². The largest absolute Gasteiger partial charge is 0.314 e. The predicted molar refractivity (Wildman–Crippen MR) is 89.5 cm³/mol. The zero-order chi connectivity index (χ0) is 14.9. The molecule has 0 spiro atoms. The zero-order valence-electron chi connectivity index (χ0n) is 13.2. The predicted octanol–water partition coefficient (Wildman–Crippen LogP) is 3.93. The second-order valence-electron chi connectivity index (χ2n) is 5.73. The summed E-state index contributed by atoms with van der Waals surface area (Å²) >= 11 is 0. The van der Waals surface area contributed by atoms with Gasteiger partial charge in [0.25, 0.3) is 0 Å². The number of nitrogens with one attached hydrogen (secondary N) is 1. The Morgan fingerprint density at radius 1 is 1.00 bits per heavy atom. The standard InChI is InChI=1S/C19H26N2/c1-3-12-21-19(9-8-17-10-13-20-14-11-17)15-18-6-4-16(2)5-7-18/h4-7,10-11,13-14,19,21H,3,8-9,12,15H2,1-2H3. The molecule has 0 aliphatic rings. The zero-order valence-corrected chi connectivity index (χ0v) is 13.2. The molecule has 0 bridgehead atoms. The Hall–Kier alpha value is -1.67. The molecular weight excluding hydrogens is 256 g/mol. The van der Waals surface area contributed by atoms with Gasteiger partial charge in [0, 0.05) is 18.4 Å². The molecule has 1 aromatic heterocycles. The number of rotatable bonds is 8. The van der Waals surface area contributed by atoms with Gasteiger partial charge in [-0.1, -0.05) is 36.8 Å². The van der Waals surface area contributed by atoms with Gasteiger partial charge in [-0.25, -0.2) is 0 Å². The highest BCUT2D eigenvalue weighted by molar-refractivity contribution is 5.22. The summed E-state index contributed by atoms with van der Waals surface area (Å²) in [6.45, 7) is 5.45. The number of aromatic nitrogens is 1. The molecule has 1 atom stereocenters. The van der Waals surface area contributed by atoms with E-state index >= 15 is 0 Å². The summed E-state index contributed by atoms with van der Waals surface area (Å²) in [6, 6.07) is 13.7. The van der Waals surface area contributed by atoms with Crippen molar-refractivity contribution in [2.24, 2.45) is 0 Å². The molecule has 1 heterocycles. The van der Waals surface area contributed by atoms with Crippen LogP contribution in [0.25, 0.3) is 0 Å². The van der Waals surface area contributed by atoms with E-state index in [2.05, 4.69) is 60.5 Å². The van der Waals surface area contributed by atoms with Crippen LogP contribution in [0.1, 0.15) is 36.5 Å². The first-order valence-electron chi connectivity index (χ1n) is 7.95. The fraction of sp³-hybridized carbons (Fsp3) is 0.421. The number of hydrogen-bond donors (Lipinski definition) is 1. The molecule has 0 radical (unpaired) electrons. The van der Waals surface area contributed by atoms with E-state index in [4.69, 9.17) is 0 Å². The van der Waals surface area contributed by atoms with Crippen LogP contribution in [0.2, 0.25) is 0 Å². The van der Waals surface area contributed by atoms with Gasteiger partial charge >= 0.3 is 0 Å². The van der Waals surface area contributed by atoms with E-state index < -0.39 is 0 Å². The lowest BCUT2D eigenvalue weighted by Crippen LogP contribution is -2.32. The first-order valence-corrected chi connectivity index (χ1v) is 7.95. The summed E-state index contributed by atoms with van der Waals surface area (Å²) < 4.78 is 0. The summed E-state index contributed by atoms with van der Waals surface area (Å²) in [5, 5.41) is 3.69. The van der Waals surface area contributed by atoms with E-state index in [-0.39, 0.29) is 0 Å². The van der Waals surface area contributed by atoms with Crippen LogP contribution in [0.5, 0.6) is 0 Å². The Bertz CT molecular complexity index is 505. The number of benzene rings is 1. The average molecular weight is 282 g/mol. The van der Waals surface area contributed by atoms with Gasteiger partial charge in [0.1, 0.15) is 0 Å². The lowest BCUT2D eigenvalue weighted by Gasteiger charge is -2.19. The molecule has 1 N–H and O–H groups in total. The highest BCUT2D eigenvalue weighted by Crippen LogP contribution is 2.11. The minimum absolute atomic E-state index is 0.542. The van der Waals surface area contributed by atoms with E-state index in [0.717, 1.165) is 25.8 Å². The molecule has 2 heteroatoms. The Morgan fingerprint density at radius 2 is 1.71 bits per heavy atom. The molecule has 2 aromatic rings. The fourth-order valence-electron chi connectivity index (χ4n) is 2.52. The van der Waals surface area contributed by atoms with E-state index in [1.165, 1.54) is 23.1 Å². The van der Waals surface area contributed by atoms with Crippen LogP contribution in [-0.4, -0.2) is 17.6 Å². The number of nitrogens with zero attached hydrogens (tertiary/aromatic N) is 1. The molecule has 2 rings (SSSR count). The number of hydrogen-bond acceptors (Lipinski definition) is 2. The van der Waals surface area contributed by atoms with E-state index in [1.54, 1.807) is 0 Å². The van der Waals surface area contributed by atoms with Gasteiger partial charge < -0.3 is 5.32 Å². The van der Waals surface area contributed by atoms with E-state index in [0.29, 0.717) is 6.04 Å². The van der Waals surface area contributed by atoms with E-state index in [1.807, 2.05) is 12.4 Å². The summed E-state index contributed by atoms with van der Waals surface area (Å²) in [4.78, 5) is 4.08. The minimum atomic E-state index is 0.542. The second kappa shape index (κ2) is 8.58. The maximum Gasteiger partial charge on any atom is 0.0270 e. The highest BCUT2D eigenvalue weighted by Gasteiger charge is 2.09. The SMILES string of the molecule is CCCNC(CCc1ccncc1)Cc1ccc(C)cc1. The first-order chi connectivity index (χ1) is 10.3. The fourth-order valence-corrected chi connectivity index (χ4v) is 2.52. The van der Waals surface area contributed by atoms with Gasteiger partial charge in [-0.05, 0) is 62.4 Å². The highest BCUT2D eigenvalue weighted by atomic mass is 14.9. The van der Waals surface area contributed by atoms with Crippen LogP contribution >= 0.6 is 0 Å². The molecule has 2 nitrogen and oxygen atoms in total. The third-order valence-electron chi connectivity index (χ3n) is 3.82. The molecule has 0 aliphatic carbocycles. The molecular formula is C19H26N2. The van der Waals surface area contributed by atoms with Crippen molar-refractivity contribution in [3.05, 3.63) is 65.5 Å². The molecule has 0 aliphatic heterocycles. The van der Waals surface area contributed by atoms with Gasteiger partial charge in [-0.2, -0.15) is 0 Å². The molecule has 1 unspecified atom stereocenters. The Morgan fingerprint density at radius 3 is 2.38 bits per heavy atom. The monoisotopic (exact) mass is 282 g/mol. The normalized spacial score (nSPS) is 12.3. The lowest BCUT2D eigenvalue weighted by molar-refractivity contribution is 0.477. The molecule has 0 saturated carbocycles. The van der Waals surface area contributed by atoms with Crippen molar-refractivity contribution in [2.75, 3.05) is 6.54 Å². The maximum atomic E-state index is 4.08. The van der Waals surface area contributed by atoms with Gasteiger partial charge in [0.05, 0.1) is 0 Å². The molecule has 0 fully saturated rings. The van der Waals surface area contributed by atoms with Gasteiger partial charge in [0.2, 0.25) is 0 Å². The molecule has 0 amide bonds. The maximum absolute atomic E-state index is 4.08. The Balaban J connectivity index is 1.92. The van der Waals surface area contributed by atoms with Crippen molar-refractivity contribution in [3.8, 4) is 0 Å². The van der Waals surface area contributed by atoms with Crippen LogP contribution in [0.3, 0.4) is 0 Å². The topological polar surface area (TPSA) is 24.9 Å². The molecule has 1 aromatic carbocycles. The van der Waals surface area contributed by atoms with Crippen molar-refractivity contribution >= 4 is 0 Å². The summed E-state index contributed by atoms with van der Waals surface area (Å²) in [5.41, 5.74) is 4.12. The summed E-state index contributed by atoms with van der Waals surface area (Å²) in [5.74, 6) is 0. The van der Waals surface area contributed by atoms with E-state index in [9.17, 15) is 0 Å². The van der Waals surface area contributed by atoms with Crippen molar-refractivity contribution in [2.45, 2.75) is 45.6 Å². The number of aryl methyl sites for hydroxylation is 2. The minimum Gasteiger partial charge on any atom is -0.314 e. The van der Waals surface area contributed by atoms with Crippen LogP contribution in [0, 0.1) is 6.92 Å². The van der Waals surface area contributed by atoms with Crippen molar-refractivity contribution in [3.63, 3.8) is 0 Å². The van der Waals surface area contributed by atoms with Crippen LogP contribution in [-0.2, 0) is 12.8 Å². The third-order valence-corrected chi connectivity index (χ3v) is 3.82. The van der Waals surface area contributed by atoms with Crippen molar-refractivity contribution < 1.29 is 0 Å². The smallest absolute Gasteiger partial charge is 0.0270 e. The Kier molecular flexibility index (Phi) is 6.42. The molecule has 21 heavy (non-hydrogen) atoms. The second-order valence-corrected chi connectivity index (χ2v) is 5.73. The van der Waals surface area contributed by atoms with Crippen LogP contribution in [0.4, 0.5) is 0 Å². The van der Waals surface area contributed by atoms with Gasteiger partial charge in [0.15, 0.2) is 0 Å². The Labute approximate surface area is 128 Å². The third kappa shape index (κ3) is 5.68. The van der Waals surface area contributed by atoms with Crippen molar-refractivity contribution in [1.82, 2.24) is 10.3 Å². The van der Waals surface area contributed by atoms with Gasteiger partial charge in [-0.15, -0.1) is 0 Å². The van der Waals surface area contributed by atoms with Gasteiger partial charge in [-0.3, -0.25) is 4.98 Å². The quantitative estimate of drug-likeness (QED) is 0.793. The number of pyridine rings is 1. The summed E-state index contributed by atoms with van der Waals surface area (Å²) in [7, 11) is 0. The molecule has 112 valence electrons. The van der Waals surface area contributed by atoms with Crippen molar-refractivity contribution in [1.29, 1.82) is 0 Å².